The number of alkyl halides is 3. The molecule has 1 heterocycles. The topological polar surface area (TPSA) is 58.5 Å². The fourth-order valence-electron chi connectivity index (χ4n) is 1.99. The maximum atomic E-state index is 14.0. The zero-order valence-electron chi connectivity index (χ0n) is 13.0. The zero-order valence-corrected chi connectivity index (χ0v) is 13.0. The molecule has 10 heteroatoms. The van der Waals surface area contributed by atoms with Gasteiger partial charge in [0.15, 0.2) is 6.29 Å². The van der Waals surface area contributed by atoms with Crippen LogP contribution >= 0.6 is 0 Å². The van der Waals surface area contributed by atoms with Crippen molar-refractivity contribution >= 4 is 17.8 Å². The number of carbonyl (C=O) groups is 1. The molecule has 0 radical (unpaired) electrons. The highest BCUT2D eigenvalue weighted by Crippen LogP contribution is 2.33. The smallest absolute Gasteiger partial charge is 0.359 e. The molecule has 0 bridgehead atoms. The Morgan fingerprint density at radius 3 is 2.40 bits per heavy atom. The van der Waals surface area contributed by atoms with E-state index < -0.39 is 35.0 Å². The van der Waals surface area contributed by atoms with Crippen molar-refractivity contribution in [2.75, 3.05) is 14.1 Å². The number of hydrogen-bond acceptors (Lipinski definition) is 4. The summed E-state index contributed by atoms with van der Waals surface area (Å²) < 4.78 is 66.5. The summed E-state index contributed by atoms with van der Waals surface area (Å²) in [5.74, 6) is -3.28. The third-order valence-electron chi connectivity index (χ3n) is 3.04. The van der Waals surface area contributed by atoms with E-state index >= 15 is 0 Å². The van der Waals surface area contributed by atoms with E-state index in [-0.39, 0.29) is 17.5 Å². The second kappa shape index (κ2) is 6.91. The third kappa shape index (κ3) is 3.95. The molecule has 0 aliphatic rings. The average Bonchev–Trinajstić information content (AvgIpc) is 2.51. The molecule has 132 valence electrons. The molecule has 2 rings (SSSR count). The van der Waals surface area contributed by atoms with Gasteiger partial charge in [-0.05, 0) is 12.1 Å². The van der Waals surface area contributed by atoms with Crippen LogP contribution in [0.5, 0.6) is 0 Å². The van der Waals surface area contributed by atoms with Gasteiger partial charge in [0.1, 0.15) is 35.0 Å². The van der Waals surface area contributed by atoms with Crippen molar-refractivity contribution in [1.82, 2.24) is 14.9 Å². The summed E-state index contributed by atoms with van der Waals surface area (Å²) in [4.78, 5) is 22.5. The first kappa shape index (κ1) is 18.4. The van der Waals surface area contributed by atoms with E-state index in [0.717, 1.165) is 32.6 Å². The molecule has 5 nitrogen and oxygen atoms in total. The Labute approximate surface area is 138 Å². The molecule has 2 aromatic rings. The number of aldehydes is 1. The molecule has 0 unspecified atom stereocenters. The highest BCUT2D eigenvalue weighted by Gasteiger charge is 2.38. The minimum absolute atomic E-state index is 0.176. The molecule has 0 fully saturated rings. The van der Waals surface area contributed by atoms with Crippen molar-refractivity contribution in [2.45, 2.75) is 6.18 Å². The van der Waals surface area contributed by atoms with Crippen molar-refractivity contribution in [3.63, 3.8) is 0 Å². The van der Waals surface area contributed by atoms with Gasteiger partial charge in [0.05, 0.1) is 0 Å². The van der Waals surface area contributed by atoms with Gasteiger partial charge in [-0.3, -0.25) is 4.79 Å². The first-order chi connectivity index (χ1) is 11.6. The van der Waals surface area contributed by atoms with Gasteiger partial charge in [0.25, 0.3) is 0 Å². The van der Waals surface area contributed by atoms with Crippen LogP contribution < -0.4 is 0 Å². The highest BCUT2D eigenvalue weighted by molar-refractivity contribution is 5.95. The van der Waals surface area contributed by atoms with Crippen LogP contribution in [0.1, 0.15) is 10.5 Å². The molecule has 0 aliphatic carbocycles. The highest BCUT2D eigenvalue weighted by atomic mass is 19.4. The summed E-state index contributed by atoms with van der Waals surface area (Å²) in [6, 6.07) is 2.44. The SMILES string of the molecule is CN(C)C(=Nc1c(C=O)ncnc1-c1ccc(F)cc1F)C(F)(F)F. The number of benzene rings is 1. The second-order valence-electron chi connectivity index (χ2n) is 5.03. The maximum Gasteiger partial charge on any atom is 0.449 e. The lowest BCUT2D eigenvalue weighted by Gasteiger charge is -2.19. The Kier molecular flexibility index (Phi) is 5.10. The second-order valence-corrected chi connectivity index (χ2v) is 5.03. The Morgan fingerprint density at radius 1 is 1.20 bits per heavy atom. The monoisotopic (exact) mass is 358 g/mol. The van der Waals surface area contributed by atoms with E-state index in [9.17, 15) is 26.7 Å². The van der Waals surface area contributed by atoms with Gasteiger partial charge in [0, 0.05) is 25.7 Å². The summed E-state index contributed by atoms with van der Waals surface area (Å²) >= 11 is 0. The molecule has 0 atom stereocenters. The largest absolute Gasteiger partial charge is 0.449 e. The van der Waals surface area contributed by atoms with Crippen molar-refractivity contribution in [2.24, 2.45) is 4.99 Å². The average molecular weight is 358 g/mol. The van der Waals surface area contributed by atoms with Crippen molar-refractivity contribution in [1.29, 1.82) is 0 Å². The standard InChI is InChI=1S/C15H11F5N4O/c1-24(2)14(15(18,19)20)23-13-11(6-25)21-7-22-12(13)9-4-3-8(16)5-10(9)17/h3-7H,1-2H3. The molecule has 0 aliphatic heterocycles. The van der Waals surface area contributed by atoms with Crippen LogP contribution in [0.2, 0.25) is 0 Å². The minimum Gasteiger partial charge on any atom is -0.359 e. The predicted molar refractivity (Wildman–Crippen MR) is 79.6 cm³/mol. The van der Waals surface area contributed by atoms with Gasteiger partial charge in [-0.2, -0.15) is 13.2 Å². The number of amidine groups is 1. The Morgan fingerprint density at radius 2 is 1.88 bits per heavy atom. The molecule has 0 amide bonds. The lowest BCUT2D eigenvalue weighted by Crippen LogP contribution is -2.36. The van der Waals surface area contributed by atoms with E-state index in [1.54, 1.807) is 0 Å². The molecular formula is C15H11F5N4O. The maximum absolute atomic E-state index is 14.0. The molecule has 1 aromatic carbocycles. The minimum atomic E-state index is -4.84. The lowest BCUT2D eigenvalue weighted by atomic mass is 10.1. The third-order valence-corrected chi connectivity index (χ3v) is 3.04. The van der Waals surface area contributed by atoms with Gasteiger partial charge in [-0.25, -0.2) is 23.7 Å². The van der Waals surface area contributed by atoms with Crippen LogP contribution in [0, 0.1) is 11.6 Å². The molecule has 0 saturated heterocycles. The van der Waals surface area contributed by atoms with E-state index in [4.69, 9.17) is 0 Å². The number of aliphatic imine (C=N–C) groups is 1. The van der Waals surface area contributed by atoms with Gasteiger partial charge >= 0.3 is 6.18 Å². The fourth-order valence-corrected chi connectivity index (χ4v) is 1.99. The number of carbonyl (C=O) groups excluding carboxylic acids is 1. The number of hydrogen-bond donors (Lipinski definition) is 0. The molecule has 25 heavy (non-hydrogen) atoms. The molecule has 0 saturated carbocycles. The molecular weight excluding hydrogens is 347 g/mol. The van der Waals surface area contributed by atoms with E-state index in [2.05, 4.69) is 15.0 Å². The van der Waals surface area contributed by atoms with Gasteiger partial charge in [0.2, 0.25) is 5.84 Å². The van der Waals surface area contributed by atoms with Crippen molar-refractivity contribution in [3.05, 3.63) is 41.9 Å². The van der Waals surface area contributed by atoms with Gasteiger partial charge in [-0.15, -0.1) is 0 Å². The summed E-state index contributed by atoms with van der Waals surface area (Å²) in [5, 5.41) is 0. The molecule has 0 N–H and O–H groups in total. The molecule has 0 spiro atoms. The molecule has 1 aromatic heterocycles. The van der Waals surface area contributed by atoms with E-state index in [0.29, 0.717) is 11.0 Å². The van der Waals surface area contributed by atoms with Crippen LogP contribution in [0.25, 0.3) is 11.3 Å². The number of halogens is 5. The quantitative estimate of drug-likeness (QED) is 0.365. The van der Waals surface area contributed by atoms with E-state index in [1.165, 1.54) is 0 Å². The summed E-state index contributed by atoms with van der Waals surface area (Å²) in [5.41, 5.74) is -1.70. The van der Waals surface area contributed by atoms with Gasteiger partial charge in [-0.1, -0.05) is 0 Å². The first-order valence-electron chi connectivity index (χ1n) is 6.74. The zero-order chi connectivity index (χ0) is 18.8. The van der Waals surface area contributed by atoms with E-state index in [1.807, 2.05) is 0 Å². The van der Waals surface area contributed by atoms with Crippen LogP contribution in [0.3, 0.4) is 0 Å². The summed E-state index contributed by atoms with van der Waals surface area (Å²) in [6.45, 7) is 0. The fraction of sp³-hybridized carbons (Fsp3) is 0.200. The Balaban J connectivity index is 2.78. The van der Waals surface area contributed by atoms with Crippen molar-refractivity contribution in [3.8, 4) is 11.3 Å². The van der Waals surface area contributed by atoms with Crippen molar-refractivity contribution < 1.29 is 26.7 Å². The number of aromatic nitrogens is 2. The summed E-state index contributed by atoms with van der Waals surface area (Å²) in [6.07, 6.45) is -3.78. The Hall–Kier alpha value is -2.91. The van der Waals surface area contributed by atoms with Crippen LogP contribution in [0.15, 0.2) is 29.5 Å². The van der Waals surface area contributed by atoms with Crippen LogP contribution in [-0.2, 0) is 0 Å². The van der Waals surface area contributed by atoms with Crippen LogP contribution in [0.4, 0.5) is 27.6 Å². The first-order valence-corrected chi connectivity index (χ1v) is 6.74. The van der Waals surface area contributed by atoms with Crippen LogP contribution in [-0.4, -0.2) is 47.3 Å². The number of nitrogens with zero attached hydrogens (tertiary/aromatic N) is 4. The predicted octanol–water partition coefficient (Wildman–Crippen LogP) is 3.39. The number of rotatable bonds is 3. The lowest BCUT2D eigenvalue weighted by molar-refractivity contribution is -0.0667. The normalized spacial score (nSPS) is 12.2. The van der Waals surface area contributed by atoms with Gasteiger partial charge < -0.3 is 4.90 Å². The summed E-state index contributed by atoms with van der Waals surface area (Å²) in [7, 11) is 2.21. The Bertz CT molecular complexity index is 833.